The zero-order valence-corrected chi connectivity index (χ0v) is 9.49. The number of aliphatic hydroxyl groups excluding tert-OH is 1. The fourth-order valence-electron chi connectivity index (χ4n) is 2.06. The number of carbonyl (C=O) groups is 1. The maximum atomic E-state index is 12.7. The number of carbonyl (C=O) groups excluding carboxylic acids is 1. The summed E-state index contributed by atoms with van der Waals surface area (Å²) in [6.45, 7) is 0.887. The normalized spacial score (nSPS) is 29.5. The van der Waals surface area contributed by atoms with Crippen molar-refractivity contribution in [1.29, 1.82) is 0 Å². The molecule has 3 atom stereocenters. The molecule has 0 aliphatic heterocycles. The Kier molecular flexibility index (Phi) is 4.68. The largest absolute Gasteiger partial charge is 0.461 e. The lowest BCUT2D eigenvalue weighted by Gasteiger charge is -2.30. The van der Waals surface area contributed by atoms with Crippen LogP contribution in [0.15, 0.2) is 0 Å². The minimum atomic E-state index is -2.93. The molecule has 0 aromatic heterocycles. The van der Waals surface area contributed by atoms with Gasteiger partial charge in [0.1, 0.15) is 0 Å². The first-order valence-electron chi connectivity index (χ1n) is 5.64. The first-order chi connectivity index (χ1) is 7.45. The van der Waals surface area contributed by atoms with Crippen molar-refractivity contribution in [2.24, 2.45) is 11.8 Å². The molecule has 0 heterocycles. The third-order valence-electron chi connectivity index (χ3n) is 3.10. The molecule has 4 nitrogen and oxygen atoms in total. The first-order valence-corrected chi connectivity index (χ1v) is 5.64. The van der Waals surface area contributed by atoms with Gasteiger partial charge < -0.3 is 14.9 Å². The van der Waals surface area contributed by atoms with E-state index in [4.69, 9.17) is 14.9 Å². The van der Waals surface area contributed by atoms with Gasteiger partial charge in [-0.3, -0.25) is 0 Å². The summed E-state index contributed by atoms with van der Waals surface area (Å²) in [6, 6.07) is 0. The molecule has 0 amide bonds. The van der Waals surface area contributed by atoms with E-state index in [9.17, 15) is 9.18 Å². The van der Waals surface area contributed by atoms with Crippen LogP contribution < -0.4 is 0 Å². The lowest BCUT2D eigenvalue weighted by Crippen LogP contribution is -2.35. The van der Waals surface area contributed by atoms with Crippen molar-refractivity contribution in [2.75, 3.05) is 13.2 Å². The average molecular weight is 234 g/mol. The lowest BCUT2D eigenvalue weighted by atomic mass is 9.80. The Labute approximate surface area is 94.4 Å². The molecule has 3 unspecified atom stereocenters. The fourth-order valence-corrected chi connectivity index (χ4v) is 2.06. The number of esters is 1. The van der Waals surface area contributed by atoms with E-state index in [2.05, 4.69) is 0 Å². The second-order valence-electron chi connectivity index (χ2n) is 4.54. The number of hydrogen-bond acceptors (Lipinski definition) is 4. The van der Waals surface area contributed by atoms with Crippen molar-refractivity contribution >= 4 is 5.97 Å². The van der Waals surface area contributed by atoms with Crippen LogP contribution >= 0.6 is 0 Å². The summed E-state index contributed by atoms with van der Waals surface area (Å²) in [7, 11) is 0. The van der Waals surface area contributed by atoms with Crippen LogP contribution in [0.25, 0.3) is 0 Å². The van der Waals surface area contributed by atoms with Crippen LogP contribution in [0.5, 0.6) is 0 Å². The van der Waals surface area contributed by atoms with Crippen LogP contribution in [0.4, 0.5) is 4.39 Å². The summed E-state index contributed by atoms with van der Waals surface area (Å²) in [5.41, 5.74) is 0. The lowest BCUT2D eigenvalue weighted by molar-refractivity contribution is -0.185. The molecule has 1 rings (SSSR count). The molecule has 1 saturated carbocycles. The van der Waals surface area contributed by atoms with Crippen molar-refractivity contribution < 1.29 is 24.1 Å². The molecule has 0 spiro atoms. The Bertz CT molecular complexity index is 237. The highest BCUT2D eigenvalue weighted by Crippen LogP contribution is 2.30. The molecule has 16 heavy (non-hydrogen) atoms. The fraction of sp³-hybridized carbons (Fsp3) is 0.909. The van der Waals surface area contributed by atoms with Gasteiger partial charge in [0.2, 0.25) is 0 Å². The van der Waals surface area contributed by atoms with E-state index >= 15 is 0 Å². The Balaban J connectivity index is 2.38. The maximum Gasteiger partial charge on any atom is 0.371 e. The van der Waals surface area contributed by atoms with Crippen molar-refractivity contribution in [3.8, 4) is 0 Å². The molecule has 0 saturated heterocycles. The van der Waals surface area contributed by atoms with E-state index in [-0.39, 0.29) is 25.0 Å². The van der Waals surface area contributed by atoms with Crippen LogP contribution in [0.1, 0.15) is 32.6 Å². The summed E-state index contributed by atoms with van der Waals surface area (Å²) in [5.74, 6) is -3.99. The second-order valence-corrected chi connectivity index (χ2v) is 4.54. The third-order valence-corrected chi connectivity index (χ3v) is 3.10. The monoisotopic (exact) mass is 234 g/mol. The van der Waals surface area contributed by atoms with Crippen molar-refractivity contribution in [2.45, 2.75) is 38.5 Å². The Morgan fingerprint density at radius 3 is 2.50 bits per heavy atom. The molecule has 0 aromatic rings. The zero-order chi connectivity index (χ0) is 12.2. The number of ether oxygens (including phenoxy) is 1. The van der Waals surface area contributed by atoms with Gasteiger partial charge >= 0.3 is 11.8 Å². The van der Waals surface area contributed by atoms with Crippen molar-refractivity contribution in [1.82, 2.24) is 0 Å². The maximum absolute atomic E-state index is 12.7. The van der Waals surface area contributed by atoms with Gasteiger partial charge in [-0.2, -0.15) is 4.39 Å². The van der Waals surface area contributed by atoms with Crippen LogP contribution in [0.3, 0.4) is 0 Å². The molecule has 1 aliphatic carbocycles. The molecule has 94 valence electrons. The topological polar surface area (TPSA) is 66.8 Å². The van der Waals surface area contributed by atoms with Crippen LogP contribution in [-0.2, 0) is 9.53 Å². The molecule has 2 N–H and O–H groups in total. The van der Waals surface area contributed by atoms with Crippen LogP contribution in [0, 0.1) is 11.8 Å². The minimum absolute atomic E-state index is 0.0637. The highest BCUT2D eigenvalue weighted by molar-refractivity contribution is 5.76. The molecule has 1 fully saturated rings. The van der Waals surface area contributed by atoms with Crippen molar-refractivity contribution in [3.63, 3.8) is 0 Å². The van der Waals surface area contributed by atoms with Gasteiger partial charge in [-0.15, -0.1) is 0 Å². The van der Waals surface area contributed by atoms with E-state index < -0.39 is 11.8 Å². The Morgan fingerprint density at radius 2 is 2.00 bits per heavy atom. The second kappa shape index (κ2) is 5.59. The average Bonchev–Trinajstić information content (AvgIpc) is 2.24. The standard InChI is InChI=1S/C11H19FO4/c1-11(12,15)10(14)16-7-9-5-3-2-4-8(9)6-13/h8-9,13,15H,2-7H2,1H3. The van der Waals surface area contributed by atoms with E-state index in [0.717, 1.165) is 32.6 Å². The molecule has 0 aromatic carbocycles. The van der Waals surface area contributed by atoms with Gasteiger partial charge in [0.15, 0.2) is 0 Å². The summed E-state index contributed by atoms with van der Waals surface area (Å²) in [4.78, 5) is 11.0. The predicted molar refractivity (Wildman–Crippen MR) is 55.2 cm³/mol. The molecule has 0 bridgehead atoms. The van der Waals surface area contributed by atoms with Gasteiger partial charge in [-0.05, 0) is 24.7 Å². The zero-order valence-electron chi connectivity index (χ0n) is 9.49. The first kappa shape index (κ1) is 13.4. The molecule has 0 radical (unpaired) electrons. The van der Waals surface area contributed by atoms with Crippen LogP contribution in [0.2, 0.25) is 0 Å². The number of halogens is 1. The van der Waals surface area contributed by atoms with Gasteiger partial charge in [-0.25, -0.2) is 4.79 Å². The number of alkyl halides is 1. The van der Waals surface area contributed by atoms with Gasteiger partial charge in [0, 0.05) is 13.5 Å². The van der Waals surface area contributed by atoms with Gasteiger partial charge in [-0.1, -0.05) is 12.8 Å². The van der Waals surface area contributed by atoms with Gasteiger partial charge in [0.25, 0.3) is 0 Å². The van der Waals surface area contributed by atoms with E-state index in [1.165, 1.54) is 0 Å². The molecular weight excluding hydrogens is 215 g/mol. The van der Waals surface area contributed by atoms with E-state index in [1.54, 1.807) is 0 Å². The number of rotatable bonds is 4. The van der Waals surface area contributed by atoms with Crippen LogP contribution in [-0.4, -0.2) is 35.3 Å². The quantitative estimate of drug-likeness (QED) is 0.712. The van der Waals surface area contributed by atoms with E-state index in [1.807, 2.05) is 0 Å². The number of hydrogen-bond donors (Lipinski definition) is 2. The predicted octanol–water partition coefficient (Wildman–Crippen LogP) is 1.01. The molecule has 5 heteroatoms. The Morgan fingerprint density at radius 1 is 1.44 bits per heavy atom. The SMILES string of the molecule is CC(O)(F)C(=O)OCC1CCCCC1CO. The minimum Gasteiger partial charge on any atom is -0.461 e. The summed E-state index contributed by atoms with van der Waals surface area (Å²) < 4.78 is 17.5. The highest BCUT2D eigenvalue weighted by atomic mass is 19.2. The van der Waals surface area contributed by atoms with Gasteiger partial charge in [0.05, 0.1) is 6.61 Å². The van der Waals surface area contributed by atoms with E-state index in [0.29, 0.717) is 0 Å². The summed E-state index contributed by atoms with van der Waals surface area (Å²) >= 11 is 0. The third kappa shape index (κ3) is 3.72. The van der Waals surface area contributed by atoms with Crippen molar-refractivity contribution in [3.05, 3.63) is 0 Å². The molecular formula is C11H19FO4. The smallest absolute Gasteiger partial charge is 0.371 e. The molecule has 1 aliphatic rings. The summed E-state index contributed by atoms with van der Waals surface area (Å²) in [6.07, 6.45) is 3.87. The number of aliphatic hydroxyl groups is 2. The summed E-state index contributed by atoms with van der Waals surface area (Å²) in [5, 5.41) is 17.9. The highest BCUT2D eigenvalue weighted by Gasteiger charge is 2.33. The Hall–Kier alpha value is -0.680.